The van der Waals surface area contributed by atoms with E-state index in [2.05, 4.69) is 26.0 Å². The summed E-state index contributed by atoms with van der Waals surface area (Å²) in [5.41, 5.74) is 2.52. The molecule has 0 radical (unpaired) electrons. The van der Waals surface area contributed by atoms with Gasteiger partial charge in [-0.15, -0.1) is 0 Å². The fourth-order valence-electron chi connectivity index (χ4n) is 7.59. The third kappa shape index (κ3) is 11.3. The highest BCUT2D eigenvalue weighted by Gasteiger charge is 2.31. The summed E-state index contributed by atoms with van der Waals surface area (Å²) in [4.78, 5) is 13.6. The van der Waals surface area contributed by atoms with E-state index in [1.54, 1.807) is 12.1 Å². The zero-order chi connectivity index (χ0) is 31.0. The Hall–Kier alpha value is -2.20. The first-order valence-electron chi connectivity index (χ1n) is 18.2. The lowest BCUT2D eigenvalue weighted by molar-refractivity contribution is -0.131. The number of fused-ring (bicyclic) bond motifs is 1. The van der Waals surface area contributed by atoms with E-state index < -0.39 is 6.10 Å². The number of halogens is 1. The van der Waals surface area contributed by atoms with Crippen LogP contribution in [0, 0.1) is 23.6 Å². The predicted molar refractivity (Wildman–Crippen MR) is 180 cm³/mol. The molecule has 0 bridgehead atoms. The summed E-state index contributed by atoms with van der Waals surface area (Å²) >= 11 is 0. The number of rotatable bonds is 17. The summed E-state index contributed by atoms with van der Waals surface area (Å²) in [6.07, 6.45) is 20.8. The number of unbranched alkanes of at least 4 members (excludes halogenated alkanes) is 6. The molecule has 0 N–H and O–H groups in total. The number of benzene rings is 2. The minimum absolute atomic E-state index is 0.0877. The Morgan fingerprint density at radius 1 is 0.818 bits per heavy atom. The van der Waals surface area contributed by atoms with E-state index >= 15 is 0 Å². The first-order chi connectivity index (χ1) is 21.5. The summed E-state index contributed by atoms with van der Waals surface area (Å²) in [5.74, 6) is 3.21. The highest BCUT2D eigenvalue weighted by Crippen LogP contribution is 2.38. The van der Waals surface area contributed by atoms with Gasteiger partial charge in [0, 0.05) is 18.9 Å². The van der Waals surface area contributed by atoms with Gasteiger partial charge in [0.25, 0.3) is 0 Å². The molecule has 0 aromatic heterocycles. The smallest absolute Gasteiger partial charge is 0.176 e. The van der Waals surface area contributed by atoms with E-state index in [0.717, 1.165) is 56.3 Å². The zero-order valence-corrected chi connectivity index (χ0v) is 27.8. The van der Waals surface area contributed by atoms with E-state index in [-0.39, 0.29) is 17.5 Å². The van der Waals surface area contributed by atoms with Crippen LogP contribution in [-0.4, -0.2) is 25.1 Å². The van der Waals surface area contributed by atoms with Crippen LogP contribution < -0.4 is 4.74 Å². The maximum Gasteiger partial charge on any atom is 0.176 e. The molecule has 2 aromatic rings. The van der Waals surface area contributed by atoms with Crippen LogP contribution in [0.2, 0.25) is 0 Å². The maximum absolute atomic E-state index is 13.6. The fourth-order valence-corrected chi connectivity index (χ4v) is 7.59. The Balaban J connectivity index is 1.13. The summed E-state index contributed by atoms with van der Waals surface area (Å²) in [5, 5.41) is 0. The van der Waals surface area contributed by atoms with E-state index in [4.69, 9.17) is 9.47 Å². The van der Waals surface area contributed by atoms with Crippen molar-refractivity contribution in [1.29, 1.82) is 0 Å². The van der Waals surface area contributed by atoms with Crippen molar-refractivity contribution < 1.29 is 18.7 Å². The molecular weight excluding hydrogens is 547 g/mol. The van der Waals surface area contributed by atoms with Gasteiger partial charge >= 0.3 is 0 Å². The van der Waals surface area contributed by atoms with Crippen LogP contribution in [0.3, 0.4) is 0 Å². The number of ketones is 1. The van der Waals surface area contributed by atoms with Gasteiger partial charge in [-0.1, -0.05) is 115 Å². The average molecular weight is 607 g/mol. The SMILES string of the molecule is CCCCCOCCC1Oc2ccccc2CCC(CCCCCCCC2CCCC(C(C)c3ccc(F)cc3)CC2)C1=O. The number of hydrogen-bond donors (Lipinski definition) is 0. The molecule has 4 heteroatoms. The van der Waals surface area contributed by atoms with Gasteiger partial charge in [-0.05, 0) is 85.6 Å². The van der Waals surface area contributed by atoms with Crippen LogP contribution in [0.5, 0.6) is 5.75 Å². The standard InChI is InChI=1S/C40H59FO3/c1-3-4-12-29-43-30-28-39-40(42)36(23-22-35-16-10-11-19-38(35)44-39)17-9-7-5-6-8-14-32-15-13-18-33(21-20-32)31(2)34-24-26-37(41)27-25-34/h10-11,16,19,24-27,31-33,36,39H,3-9,12-15,17-18,20-23,28-30H2,1-2H3. The molecule has 0 amide bonds. The number of Topliss-reactive ketones (excluding diaryl/α,β-unsaturated/α-hetero) is 1. The van der Waals surface area contributed by atoms with Crippen LogP contribution in [0.1, 0.15) is 140 Å². The second-order valence-corrected chi connectivity index (χ2v) is 13.8. The lowest BCUT2D eigenvalue weighted by Gasteiger charge is -2.27. The molecule has 1 aliphatic carbocycles. The third-order valence-corrected chi connectivity index (χ3v) is 10.5. The molecule has 44 heavy (non-hydrogen) atoms. The summed E-state index contributed by atoms with van der Waals surface area (Å²) in [6, 6.07) is 15.4. The molecule has 3 nitrogen and oxygen atoms in total. The Labute approximate surface area is 267 Å². The lowest BCUT2D eigenvalue weighted by Crippen LogP contribution is -2.36. The minimum atomic E-state index is -0.398. The largest absolute Gasteiger partial charge is 0.482 e. The molecule has 1 heterocycles. The zero-order valence-electron chi connectivity index (χ0n) is 27.8. The Kier molecular flexibility index (Phi) is 15.2. The second-order valence-electron chi connectivity index (χ2n) is 13.8. The van der Waals surface area contributed by atoms with Crippen molar-refractivity contribution in [3.8, 4) is 5.75 Å². The molecule has 244 valence electrons. The van der Waals surface area contributed by atoms with Crippen molar-refractivity contribution >= 4 is 5.78 Å². The number of carbonyl (C=O) groups excluding carboxylic acids is 1. The summed E-state index contributed by atoms with van der Waals surface area (Å²) in [7, 11) is 0. The van der Waals surface area contributed by atoms with E-state index in [9.17, 15) is 9.18 Å². The monoisotopic (exact) mass is 606 g/mol. The first-order valence-corrected chi connectivity index (χ1v) is 18.2. The van der Waals surface area contributed by atoms with Gasteiger partial charge in [0.1, 0.15) is 11.6 Å². The molecule has 1 aliphatic heterocycles. The van der Waals surface area contributed by atoms with E-state index in [1.165, 1.54) is 88.2 Å². The van der Waals surface area contributed by atoms with Crippen LogP contribution in [-0.2, 0) is 16.0 Å². The van der Waals surface area contributed by atoms with Gasteiger partial charge in [0.05, 0.1) is 6.61 Å². The average Bonchev–Trinajstić information content (AvgIpc) is 3.28. The molecule has 0 saturated heterocycles. The number of para-hydroxylation sites is 1. The fraction of sp³-hybridized carbons (Fsp3) is 0.675. The Morgan fingerprint density at radius 3 is 2.41 bits per heavy atom. The molecular formula is C40H59FO3. The van der Waals surface area contributed by atoms with Gasteiger partial charge in [0.2, 0.25) is 0 Å². The molecule has 1 saturated carbocycles. The molecule has 2 aliphatic rings. The summed E-state index contributed by atoms with van der Waals surface area (Å²) < 4.78 is 25.6. The number of hydrogen-bond acceptors (Lipinski definition) is 3. The normalized spacial score (nSPS) is 23.2. The van der Waals surface area contributed by atoms with Crippen molar-refractivity contribution in [2.24, 2.45) is 17.8 Å². The van der Waals surface area contributed by atoms with Gasteiger partial charge in [-0.25, -0.2) is 4.39 Å². The van der Waals surface area contributed by atoms with Gasteiger partial charge in [-0.3, -0.25) is 4.79 Å². The van der Waals surface area contributed by atoms with Crippen molar-refractivity contribution in [2.75, 3.05) is 13.2 Å². The van der Waals surface area contributed by atoms with Crippen LogP contribution >= 0.6 is 0 Å². The number of carbonyl (C=O) groups is 1. The molecule has 5 atom stereocenters. The second kappa shape index (κ2) is 19.3. The van der Waals surface area contributed by atoms with Crippen LogP contribution in [0.25, 0.3) is 0 Å². The molecule has 5 unspecified atom stereocenters. The maximum atomic E-state index is 13.6. The number of ether oxygens (including phenoxy) is 2. The predicted octanol–water partition coefficient (Wildman–Crippen LogP) is 11.0. The lowest BCUT2D eigenvalue weighted by atomic mass is 9.82. The summed E-state index contributed by atoms with van der Waals surface area (Å²) in [6.45, 7) is 5.89. The minimum Gasteiger partial charge on any atom is -0.482 e. The molecule has 0 spiro atoms. The Morgan fingerprint density at radius 2 is 1.59 bits per heavy atom. The number of aryl methyl sites for hydroxylation is 1. The molecule has 1 fully saturated rings. The van der Waals surface area contributed by atoms with Gasteiger partial charge in [-0.2, -0.15) is 0 Å². The third-order valence-electron chi connectivity index (χ3n) is 10.5. The quantitative estimate of drug-likeness (QED) is 0.133. The molecule has 4 rings (SSSR count). The van der Waals surface area contributed by atoms with Gasteiger partial charge in [0.15, 0.2) is 11.9 Å². The van der Waals surface area contributed by atoms with Crippen molar-refractivity contribution in [3.63, 3.8) is 0 Å². The van der Waals surface area contributed by atoms with Crippen LogP contribution in [0.4, 0.5) is 4.39 Å². The van der Waals surface area contributed by atoms with Crippen molar-refractivity contribution in [3.05, 3.63) is 65.5 Å². The Bertz CT molecular complexity index is 1080. The van der Waals surface area contributed by atoms with E-state index in [0.29, 0.717) is 18.9 Å². The highest BCUT2D eigenvalue weighted by molar-refractivity contribution is 5.86. The van der Waals surface area contributed by atoms with Crippen LogP contribution in [0.15, 0.2) is 48.5 Å². The highest BCUT2D eigenvalue weighted by atomic mass is 19.1. The van der Waals surface area contributed by atoms with E-state index in [1.807, 2.05) is 24.3 Å². The molecule has 2 aromatic carbocycles. The topological polar surface area (TPSA) is 35.5 Å². The van der Waals surface area contributed by atoms with Gasteiger partial charge < -0.3 is 9.47 Å². The van der Waals surface area contributed by atoms with Crippen molar-refractivity contribution in [2.45, 2.75) is 141 Å². The first kappa shape index (κ1) is 34.7. The van der Waals surface area contributed by atoms with Crippen molar-refractivity contribution in [1.82, 2.24) is 0 Å².